The highest BCUT2D eigenvalue weighted by Crippen LogP contribution is 2.51. The van der Waals surface area contributed by atoms with E-state index in [1.807, 2.05) is 0 Å². The third-order valence-electron chi connectivity index (χ3n) is 4.63. The van der Waals surface area contributed by atoms with Crippen LogP contribution in [0.2, 0.25) is 0 Å². The zero-order valence-electron chi connectivity index (χ0n) is 11.4. The Kier molecular flexibility index (Phi) is 4.98. The van der Waals surface area contributed by atoms with Crippen LogP contribution in [0.4, 0.5) is 0 Å². The molecule has 1 saturated heterocycles. The number of hydrogen-bond acceptors (Lipinski definition) is 4. The Bertz CT molecular complexity index is 321. The summed E-state index contributed by atoms with van der Waals surface area (Å²) in [7, 11) is 1.74. The summed E-state index contributed by atoms with van der Waals surface area (Å²) in [6.45, 7) is 6.42. The van der Waals surface area contributed by atoms with Gasteiger partial charge in [-0.1, -0.05) is 13.8 Å². The second-order valence-corrected chi connectivity index (χ2v) is 6.72. The standard InChI is InChI=1S/C12H22N2O2S.ClH/c1-11(2)9(5-12(11,3)16-4)14-10(15)8-6-17-7-13-8;/h8-9,13H,5-7H2,1-4H3,(H,14,15);1H/t8-,9?,12?;/m1./s1. The molecule has 4 nitrogen and oxygen atoms in total. The molecule has 106 valence electrons. The Hall–Kier alpha value is 0.0300. The van der Waals surface area contributed by atoms with Gasteiger partial charge in [-0.25, -0.2) is 0 Å². The largest absolute Gasteiger partial charge is 0.378 e. The Morgan fingerprint density at radius 2 is 2.11 bits per heavy atom. The number of methoxy groups -OCH3 is 1. The van der Waals surface area contributed by atoms with Crippen LogP contribution >= 0.6 is 24.2 Å². The highest BCUT2D eigenvalue weighted by Gasteiger charge is 2.58. The van der Waals surface area contributed by atoms with Gasteiger partial charge in [0.25, 0.3) is 0 Å². The average molecular weight is 295 g/mol. The molecule has 2 N–H and O–H groups in total. The van der Waals surface area contributed by atoms with Crippen molar-refractivity contribution < 1.29 is 9.53 Å². The van der Waals surface area contributed by atoms with Crippen LogP contribution in [0.5, 0.6) is 0 Å². The number of halogens is 1. The SMILES string of the molecule is COC1(C)CC(NC(=O)[C@H]2CSCN2)C1(C)C.Cl. The van der Waals surface area contributed by atoms with Gasteiger partial charge >= 0.3 is 0 Å². The lowest BCUT2D eigenvalue weighted by molar-refractivity contribution is -0.182. The van der Waals surface area contributed by atoms with Gasteiger partial charge in [-0.05, 0) is 13.3 Å². The van der Waals surface area contributed by atoms with Gasteiger partial charge in [0.2, 0.25) is 5.91 Å². The molecule has 1 aliphatic carbocycles. The molecule has 0 aromatic rings. The average Bonchev–Trinajstić information content (AvgIpc) is 2.81. The molecule has 1 aliphatic heterocycles. The summed E-state index contributed by atoms with van der Waals surface area (Å²) in [5, 5.41) is 6.33. The van der Waals surface area contributed by atoms with E-state index in [1.54, 1.807) is 18.9 Å². The van der Waals surface area contributed by atoms with Crippen LogP contribution in [-0.4, -0.2) is 42.3 Å². The Morgan fingerprint density at radius 1 is 1.44 bits per heavy atom. The monoisotopic (exact) mass is 294 g/mol. The molecule has 2 unspecified atom stereocenters. The van der Waals surface area contributed by atoms with Gasteiger partial charge in [0, 0.05) is 30.2 Å². The van der Waals surface area contributed by atoms with E-state index in [0.29, 0.717) is 0 Å². The minimum atomic E-state index is -0.122. The fourth-order valence-electron chi connectivity index (χ4n) is 2.56. The summed E-state index contributed by atoms with van der Waals surface area (Å²) in [6.07, 6.45) is 0.891. The van der Waals surface area contributed by atoms with Crippen LogP contribution in [0.3, 0.4) is 0 Å². The lowest BCUT2D eigenvalue weighted by Crippen LogP contribution is -2.69. The smallest absolute Gasteiger partial charge is 0.238 e. The molecule has 0 radical (unpaired) electrons. The van der Waals surface area contributed by atoms with Gasteiger partial charge in [0.15, 0.2) is 0 Å². The third-order valence-corrected chi connectivity index (χ3v) is 5.57. The maximum absolute atomic E-state index is 12.0. The molecule has 0 spiro atoms. The fraction of sp³-hybridized carbons (Fsp3) is 0.917. The van der Waals surface area contributed by atoms with Gasteiger partial charge in [-0.2, -0.15) is 0 Å². The molecule has 2 aliphatic rings. The number of carbonyl (C=O) groups is 1. The summed E-state index contributed by atoms with van der Waals surface area (Å²) in [6, 6.07) is 0.192. The normalized spacial score (nSPS) is 37.6. The Morgan fingerprint density at radius 3 is 2.56 bits per heavy atom. The zero-order chi connectivity index (χ0) is 12.7. The van der Waals surface area contributed by atoms with Gasteiger partial charge in [0.1, 0.15) is 0 Å². The van der Waals surface area contributed by atoms with Crippen LogP contribution in [0.1, 0.15) is 27.2 Å². The van der Waals surface area contributed by atoms with E-state index < -0.39 is 0 Å². The van der Waals surface area contributed by atoms with Crippen molar-refractivity contribution in [3.63, 3.8) is 0 Å². The summed E-state index contributed by atoms with van der Waals surface area (Å²) in [5.41, 5.74) is -0.133. The third kappa shape index (κ3) is 2.50. The first kappa shape index (κ1) is 16.1. The van der Waals surface area contributed by atoms with Crippen LogP contribution in [0, 0.1) is 5.41 Å². The molecular formula is C12H23ClN2O2S. The Labute approximate surface area is 119 Å². The van der Waals surface area contributed by atoms with E-state index in [-0.39, 0.29) is 41.4 Å². The van der Waals surface area contributed by atoms with Crippen LogP contribution < -0.4 is 10.6 Å². The second-order valence-electron chi connectivity index (χ2n) is 5.69. The highest BCUT2D eigenvalue weighted by atomic mass is 35.5. The van der Waals surface area contributed by atoms with Crippen molar-refractivity contribution in [1.82, 2.24) is 10.6 Å². The minimum absolute atomic E-state index is 0. The van der Waals surface area contributed by atoms with Gasteiger partial charge in [0.05, 0.1) is 11.6 Å². The molecule has 0 aromatic heterocycles. The first-order valence-electron chi connectivity index (χ1n) is 6.07. The van der Waals surface area contributed by atoms with Gasteiger partial charge < -0.3 is 10.1 Å². The molecule has 0 aromatic carbocycles. The highest BCUT2D eigenvalue weighted by molar-refractivity contribution is 7.99. The lowest BCUT2D eigenvalue weighted by atomic mass is 9.56. The van der Waals surface area contributed by atoms with Crippen molar-refractivity contribution in [3.05, 3.63) is 0 Å². The van der Waals surface area contributed by atoms with E-state index in [4.69, 9.17) is 4.74 Å². The number of thioether (sulfide) groups is 1. The van der Waals surface area contributed by atoms with Crippen molar-refractivity contribution >= 4 is 30.1 Å². The number of amides is 1. The van der Waals surface area contributed by atoms with E-state index >= 15 is 0 Å². The van der Waals surface area contributed by atoms with E-state index in [9.17, 15) is 4.79 Å². The molecule has 6 heteroatoms. The molecule has 3 atom stereocenters. The number of rotatable bonds is 3. The zero-order valence-corrected chi connectivity index (χ0v) is 13.0. The number of nitrogens with one attached hydrogen (secondary N) is 2. The number of ether oxygens (including phenoxy) is 1. The Balaban J connectivity index is 0.00000162. The lowest BCUT2D eigenvalue weighted by Gasteiger charge is -2.59. The summed E-state index contributed by atoms with van der Waals surface area (Å²) in [5.74, 6) is 1.88. The van der Waals surface area contributed by atoms with E-state index in [0.717, 1.165) is 18.1 Å². The number of carbonyl (C=O) groups excluding carboxylic acids is 1. The van der Waals surface area contributed by atoms with Crippen LogP contribution in [0.25, 0.3) is 0 Å². The molecule has 0 bridgehead atoms. The quantitative estimate of drug-likeness (QED) is 0.826. The van der Waals surface area contributed by atoms with Crippen LogP contribution in [0.15, 0.2) is 0 Å². The molecular weight excluding hydrogens is 272 g/mol. The summed E-state index contributed by atoms with van der Waals surface area (Å²) < 4.78 is 5.56. The first-order chi connectivity index (χ1) is 7.90. The van der Waals surface area contributed by atoms with Crippen molar-refractivity contribution in [3.8, 4) is 0 Å². The van der Waals surface area contributed by atoms with E-state index in [2.05, 4.69) is 31.4 Å². The van der Waals surface area contributed by atoms with Crippen molar-refractivity contribution in [2.45, 2.75) is 44.9 Å². The van der Waals surface area contributed by atoms with Crippen molar-refractivity contribution in [2.75, 3.05) is 18.7 Å². The van der Waals surface area contributed by atoms with Crippen molar-refractivity contribution in [2.24, 2.45) is 5.41 Å². The van der Waals surface area contributed by atoms with Crippen molar-refractivity contribution in [1.29, 1.82) is 0 Å². The minimum Gasteiger partial charge on any atom is -0.378 e. The summed E-state index contributed by atoms with van der Waals surface area (Å²) >= 11 is 1.77. The molecule has 1 amide bonds. The molecule has 18 heavy (non-hydrogen) atoms. The molecule has 2 rings (SSSR count). The first-order valence-corrected chi connectivity index (χ1v) is 7.23. The van der Waals surface area contributed by atoms with Crippen LogP contribution in [-0.2, 0) is 9.53 Å². The maximum Gasteiger partial charge on any atom is 0.238 e. The molecule has 1 heterocycles. The summed E-state index contributed by atoms with van der Waals surface area (Å²) in [4.78, 5) is 12.0. The predicted molar refractivity (Wildman–Crippen MR) is 77.2 cm³/mol. The fourth-order valence-corrected chi connectivity index (χ4v) is 3.50. The van der Waals surface area contributed by atoms with Gasteiger partial charge in [-0.3, -0.25) is 10.1 Å². The molecule has 2 fully saturated rings. The molecule has 1 saturated carbocycles. The predicted octanol–water partition coefficient (Wildman–Crippen LogP) is 1.39. The maximum atomic E-state index is 12.0. The van der Waals surface area contributed by atoms with Gasteiger partial charge in [-0.15, -0.1) is 24.2 Å². The second kappa shape index (κ2) is 5.57. The van der Waals surface area contributed by atoms with E-state index in [1.165, 1.54) is 0 Å². The topological polar surface area (TPSA) is 50.4 Å². The number of hydrogen-bond donors (Lipinski definition) is 2.